The molecule has 4 heterocycles. The van der Waals surface area contributed by atoms with Crippen molar-refractivity contribution < 1.29 is 24.0 Å². The Morgan fingerprint density at radius 2 is 1.93 bits per heavy atom. The number of aromatic nitrogens is 1. The van der Waals surface area contributed by atoms with Crippen LogP contribution < -0.4 is 14.7 Å². The molecule has 0 unspecified atom stereocenters. The summed E-state index contributed by atoms with van der Waals surface area (Å²) in [6, 6.07) is 8.95. The van der Waals surface area contributed by atoms with Gasteiger partial charge in [-0.25, -0.2) is 0 Å². The molecule has 0 saturated carbocycles. The van der Waals surface area contributed by atoms with Crippen molar-refractivity contribution in [3.8, 4) is 0 Å². The monoisotopic (exact) mass is 389 g/mol. The van der Waals surface area contributed by atoms with E-state index >= 15 is 0 Å². The van der Waals surface area contributed by atoms with Gasteiger partial charge >= 0.3 is 0 Å². The van der Waals surface area contributed by atoms with Gasteiger partial charge in [0.1, 0.15) is 0 Å². The van der Waals surface area contributed by atoms with Gasteiger partial charge in [-0.3, -0.25) is 14.3 Å². The molecule has 0 bridgehead atoms. The second-order valence-corrected chi connectivity index (χ2v) is 8.64. The number of piperidine rings is 1. The number of para-hydroxylation sites is 1. The summed E-state index contributed by atoms with van der Waals surface area (Å²) in [4.78, 5) is 41.3. The molecule has 5 rings (SSSR count). The molecule has 27 heavy (non-hydrogen) atoms. The molecule has 0 aliphatic carbocycles. The second-order valence-electron chi connectivity index (χ2n) is 7.74. The number of hydrogen-bond donors (Lipinski definition) is 0. The summed E-state index contributed by atoms with van der Waals surface area (Å²) in [5, 5.41) is 1.31. The minimum absolute atomic E-state index is 0.175. The average Bonchev–Trinajstić information content (AvgIpc) is 2.95. The largest absolute Gasteiger partial charge is 0.822 e. The van der Waals surface area contributed by atoms with Crippen LogP contribution in [0.1, 0.15) is 54.7 Å². The zero-order valence-electron chi connectivity index (χ0n) is 15.2. The zero-order valence-corrected chi connectivity index (χ0v) is 16.1. The molecular formula is C19H22N2O5P-3. The lowest BCUT2D eigenvalue weighted by molar-refractivity contribution is -0.432. The lowest BCUT2D eigenvalue weighted by Gasteiger charge is -2.54. The van der Waals surface area contributed by atoms with Gasteiger partial charge in [0.15, 0.2) is 0 Å². The number of benzene rings is 1. The summed E-state index contributed by atoms with van der Waals surface area (Å²) in [6.07, 6.45) is 5.37. The van der Waals surface area contributed by atoms with Gasteiger partial charge in [0.05, 0.1) is 11.6 Å². The fourth-order valence-electron chi connectivity index (χ4n) is 5.45. The van der Waals surface area contributed by atoms with Gasteiger partial charge in [-0.2, -0.15) is 7.82 Å². The Bertz CT molecular complexity index is 941. The quantitative estimate of drug-likeness (QED) is 0.672. The van der Waals surface area contributed by atoms with Gasteiger partial charge in [0.25, 0.3) is 0 Å². The predicted octanol–water partition coefficient (Wildman–Crippen LogP) is 0.950. The highest BCUT2D eigenvalue weighted by atomic mass is 31.2. The Morgan fingerprint density at radius 3 is 2.63 bits per heavy atom. The van der Waals surface area contributed by atoms with Crippen molar-refractivity contribution in [3.63, 3.8) is 0 Å². The van der Waals surface area contributed by atoms with E-state index in [0.29, 0.717) is 11.9 Å². The molecular weight excluding hydrogens is 367 g/mol. The molecule has 1 saturated heterocycles. The summed E-state index contributed by atoms with van der Waals surface area (Å²) >= 11 is 0. The first-order valence-corrected chi connectivity index (χ1v) is 10.8. The van der Waals surface area contributed by atoms with Crippen LogP contribution in [0.15, 0.2) is 24.3 Å². The standard InChI is InChI=1S/C19H22N2O.H3O4P/c1-2-19-9-5-10-20-11-8-14-13-6-3-4-7-15(13)21(16(22)12-19)17(14)18(19)20;1-5(2,3)4/h3-4,6-7,18H,2,5,8-12H2,1H3;(H3,1,2,3,4)/p-3/t18-,19+;/m1./s1. The van der Waals surface area contributed by atoms with Crippen molar-refractivity contribution >= 4 is 24.6 Å². The van der Waals surface area contributed by atoms with Crippen molar-refractivity contribution in [3.05, 3.63) is 35.5 Å². The fourth-order valence-corrected chi connectivity index (χ4v) is 5.45. The second kappa shape index (κ2) is 6.54. The van der Waals surface area contributed by atoms with E-state index in [1.165, 1.54) is 36.0 Å². The van der Waals surface area contributed by atoms with Crippen molar-refractivity contribution in [2.75, 3.05) is 13.1 Å². The van der Waals surface area contributed by atoms with E-state index in [0.717, 1.165) is 31.3 Å². The van der Waals surface area contributed by atoms with Gasteiger partial charge in [-0.05, 0) is 43.9 Å². The molecule has 0 N–H and O–H groups in total. The molecule has 3 aliphatic rings. The lowest BCUT2D eigenvalue weighted by Crippen LogP contribution is -2.53. The third-order valence-electron chi connectivity index (χ3n) is 6.45. The highest BCUT2D eigenvalue weighted by molar-refractivity contribution is 7.40. The van der Waals surface area contributed by atoms with Crippen LogP contribution in [0.5, 0.6) is 0 Å². The fraction of sp³-hybridized carbons (Fsp3) is 0.526. The third-order valence-corrected chi connectivity index (χ3v) is 6.45. The molecule has 2 aromatic rings. The van der Waals surface area contributed by atoms with E-state index in [1.54, 1.807) is 0 Å². The van der Waals surface area contributed by atoms with Crippen LogP contribution in [-0.2, 0) is 11.0 Å². The summed E-state index contributed by atoms with van der Waals surface area (Å²) in [5.74, 6) is 0.319. The summed E-state index contributed by atoms with van der Waals surface area (Å²) in [6.45, 7) is 4.63. The van der Waals surface area contributed by atoms with Crippen molar-refractivity contribution in [1.29, 1.82) is 0 Å². The number of nitrogens with zero attached hydrogens (tertiary/aromatic N) is 2. The number of carbonyl (C=O) groups excluding carboxylic acids is 1. The van der Waals surface area contributed by atoms with E-state index in [-0.39, 0.29) is 5.41 Å². The summed E-state index contributed by atoms with van der Waals surface area (Å²) < 4.78 is 10.6. The molecule has 1 aromatic carbocycles. The minimum Gasteiger partial charge on any atom is -0.822 e. The molecule has 1 fully saturated rings. The maximum Gasteiger partial charge on any atom is 0.231 e. The number of phosphoric acid groups is 1. The molecule has 1 aromatic heterocycles. The molecule has 2 atom stereocenters. The van der Waals surface area contributed by atoms with Crippen LogP contribution in [0.4, 0.5) is 0 Å². The summed E-state index contributed by atoms with van der Waals surface area (Å²) in [5.41, 5.74) is 4.10. The van der Waals surface area contributed by atoms with Crippen LogP contribution in [0.2, 0.25) is 0 Å². The predicted molar refractivity (Wildman–Crippen MR) is 94.8 cm³/mol. The Kier molecular flexibility index (Phi) is 4.56. The molecule has 146 valence electrons. The van der Waals surface area contributed by atoms with E-state index in [2.05, 4.69) is 40.7 Å². The smallest absolute Gasteiger partial charge is 0.231 e. The van der Waals surface area contributed by atoms with E-state index in [4.69, 9.17) is 19.2 Å². The number of hydrogen-bond acceptors (Lipinski definition) is 6. The molecule has 3 aliphatic heterocycles. The molecule has 0 radical (unpaired) electrons. The van der Waals surface area contributed by atoms with Crippen molar-refractivity contribution in [1.82, 2.24) is 9.47 Å². The zero-order chi connectivity index (χ0) is 19.4. The molecule has 7 nitrogen and oxygen atoms in total. The average molecular weight is 389 g/mol. The first-order chi connectivity index (χ1) is 12.7. The van der Waals surface area contributed by atoms with E-state index in [9.17, 15) is 4.79 Å². The van der Waals surface area contributed by atoms with Gasteiger partial charge in [0.2, 0.25) is 5.91 Å². The third kappa shape index (κ3) is 3.08. The van der Waals surface area contributed by atoms with Crippen molar-refractivity contribution in [2.24, 2.45) is 5.41 Å². The molecule has 0 amide bonds. The Balaban J connectivity index is 0.000000323. The topological polar surface area (TPSA) is 111 Å². The molecule has 8 heteroatoms. The number of rotatable bonds is 1. The molecule has 0 spiro atoms. The van der Waals surface area contributed by atoms with Gasteiger partial charge in [-0.1, -0.05) is 25.1 Å². The maximum atomic E-state index is 13.0. The first kappa shape index (κ1) is 18.8. The van der Waals surface area contributed by atoms with Crippen LogP contribution in [-0.4, -0.2) is 28.5 Å². The summed E-state index contributed by atoms with van der Waals surface area (Å²) in [7, 11) is -5.39. The Morgan fingerprint density at radius 1 is 1.22 bits per heavy atom. The van der Waals surface area contributed by atoms with Crippen LogP contribution in [0, 0.1) is 5.41 Å². The van der Waals surface area contributed by atoms with Gasteiger partial charge in [0, 0.05) is 29.5 Å². The maximum absolute atomic E-state index is 13.0. The number of carbonyl (C=O) groups is 1. The normalized spacial score (nSPS) is 27.1. The van der Waals surface area contributed by atoms with Crippen LogP contribution >= 0.6 is 7.82 Å². The van der Waals surface area contributed by atoms with E-state index < -0.39 is 7.82 Å². The lowest BCUT2D eigenvalue weighted by atomic mass is 9.64. The Hall–Kier alpha value is -1.50. The highest BCUT2D eigenvalue weighted by Gasteiger charge is 2.52. The van der Waals surface area contributed by atoms with Crippen LogP contribution in [0.3, 0.4) is 0 Å². The highest BCUT2D eigenvalue weighted by Crippen LogP contribution is 2.56. The van der Waals surface area contributed by atoms with Crippen LogP contribution in [0.25, 0.3) is 10.9 Å². The minimum atomic E-state index is -5.39. The SMILES string of the molecule is CC[C@]12CCCN3CCc4c(n(c5ccccc45)C(=O)C1)[C@@H]32.O=P([O-])([O-])[O-]. The number of fused-ring (bicyclic) bond motifs is 3. The van der Waals surface area contributed by atoms with E-state index in [1.807, 2.05) is 0 Å². The van der Waals surface area contributed by atoms with Crippen molar-refractivity contribution in [2.45, 2.75) is 45.1 Å². The van der Waals surface area contributed by atoms with Gasteiger partial charge < -0.3 is 19.2 Å². The first-order valence-electron chi connectivity index (χ1n) is 9.38. The van der Waals surface area contributed by atoms with Gasteiger partial charge in [-0.15, -0.1) is 0 Å². The Labute approximate surface area is 157 Å².